The molecule has 1 saturated heterocycles. The maximum atomic E-state index is 5.61. The zero-order valence-electron chi connectivity index (χ0n) is 17.0. The molecule has 0 spiro atoms. The Morgan fingerprint density at radius 2 is 1.89 bits per heavy atom. The van der Waals surface area contributed by atoms with Crippen molar-refractivity contribution in [3.05, 3.63) is 35.9 Å². The Bertz CT molecular complexity index is 518. The molecule has 2 rings (SSSR count). The Morgan fingerprint density at radius 1 is 1.15 bits per heavy atom. The van der Waals surface area contributed by atoms with E-state index in [1.54, 1.807) is 0 Å². The van der Waals surface area contributed by atoms with Crippen molar-refractivity contribution in [3.63, 3.8) is 0 Å². The average molecular weight is 377 g/mol. The van der Waals surface area contributed by atoms with Crippen molar-refractivity contribution in [3.8, 4) is 0 Å². The lowest BCUT2D eigenvalue weighted by atomic mass is 10.0. The van der Waals surface area contributed by atoms with Gasteiger partial charge in [-0.25, -0.2) is 0 Å². The second kappa shape index (κ2) is 13.5. The van der Waals surface area contributed by atoms with Gasteiger partial charge in [0.15, 0.2) is 5.96 Å². The van der Waals surface area contributed by atoms with Gasteiger partial charge in [-0.15, -0.1) is 0 Å². The van der Waals surface area contributed by atoms with E-state index < -0.39 is 0 Å². The van der Waals surface area contributed by atoms with Crippen molar-refractivity contribution in [1.82, 2.24) is 15.5 Å². The molecule has 2 N–H and O–H groups in total. The van der Waals surface area contributed by atoms with Crippen molar-refractivity contribution < 1.29 is 9.47 Å². The first-order chi connectivity index (χ1) is 13.3. The SMILES string of the molecule is CCCCOCCCNC(=NC)NCC(c1ccccc1)N1CCOCC1. The first-order valence-corrected chi connectivity index (χ1v) is 10.2. The van der Waals surface area contributed by atoms with E-state index in [2.05, 4.69) is 57.8 Å². The Kier molecular flexibility index (Phi) is 10.9. The summed E-state index contributed by atoms with van der Waals surface area (Å²) in [5, 5.41) is 6.88. The van der Waals surface area contributed by atoms with Gasteiger partial charge >= 0.3 is 0 Å². The van der Waals surface area contributed by atoms with Gasteiger partial charge in [0.25, 0.3) is 0 Å². The summed E-state index contributed by atoms with van der Waals surface area (Å²) in [6, 6.07) is 11.0. The molecule has 152 valence electrons. The van der Waals surface area contributed by atoms with Crippen molar-refractivity contribution in [2.45, 2.75) is 32.2 Å². The van der Waals surface area contributed by atoms with Crippen LogP contribution < -0.4 is 10.6 Å². The maximum Gasteiger partial charge on any atom is 0.191 e. The molecule has 0 bridgehead atoms. The fourth-order valence-corrected chi connectivity index (χ4v) is 3.17. The predicted molar refractivity (Wildman–Crippen MR) is 111 cm³/mol. The molecule has 0 radical (unpaired) electrons. The molecule has 1 aliphatic heterocycles. The van der Waals surface area contributed by atoms with Crippen molar-refractivity contribution in [2.75, 3.05) is 59.7 Å². The molecule has 1 heterocycles. The van der Waals surface area contributed by atoms with Crippen LogP contribution in [0.4, 0.5) is 0 Å². The highest BCUT2D eigenvalue weighted by atomic mass is 16.5. The van der Waals surface area contributed by atoms with Crippen LogP contribution in [0, 0.1) is 0 Å². The van der Waals surface area contributed by atoms with Gasteiger partial charge in [0.2, 0.25) is 0 Å². The van der Waals surface area contributed by atoms with E-state index in [0.29, 0.717) is 6.04 Å². The summed E-state index contributed by atoms with van der Waals surface area (Å²) in [5.41, 5.74) is 1.33. The third-order valence-corrected chi connectivity index (χ3v) is 4.76. The van der Waals surface area contributed by atoms with Crippen LogP contribution in [-0.4, -0.2) is 70.5 Å². The number of morpholine rings is 1. The van der Waals surface area contributed by atoms with Gasteiger partial charge in [0.1, 0.15) is 0 Å². The standard InChI is InChI=1S/C21H36N4O2/c1-3-4-14-26-15-8-11-23-21(22-2)24-18-20(19-9-6-5-7-10-19)25-12-16-27-17-13-25/h5-7,9-10,20H,3-4,8,11-18H2,1-2H3,(H2,22,23,24). The molecule has 1 aromatic rings. The summed E-state index contributed by atoms with van der Waals surface area (Å²) < 4.78 is 11.1. The predicted octanol–water partition coefficient (Wildman–Crippen LogP) is 2.43. The smallest absolute Gasteiger partial charge is 0.191 e. The van der Waals surface area contributed by atoms with Crippen LogP contribution in [0.1, 0.15) is 37.8 Å². The normalized spacial score (nSPS) is 16.9. The summed E-state index contributed by atoms with van der Waals surface area (Å²) in [5.74, 6) is 0.845. The molecule has 1 fully saturated rings. The molecule has 27 heavy (non-hydrogen) atoms. The summed E-state index contributed by atoms with van der Waals surface area (Å²) in [6.07, 6.45) is 3.30. The van der Waals surface area contributed by atoms with E-state index >= 15 is 0 Å². The fraction of sp³-hybridized carbons (Fsp3) is 0.667. The molecule has 1 aromatic carbocycles. The Morgan fingerprint density at radius 3 is 2.59 bits per heavy atom. The molecule has 0 aliphatic carbocycles. The molecule has 6 heteroatoms. The first kappa shape index (κ1) is 21.7. The van der Waals surface area contributed by atoms with Gasteiger partial charge in [-0.05, 0) is 18.4 Å². The zero-order valence-corrected chi connectivity index (χ0v) is 17.0. The molecule has 0 aromatic heterocycles. The molecule has 1 atom stereocenters. The van der Waals surface area contributed by atoms with Gasteiger partial charge in [-0.1, -0.05) is 43.7 Å². The molecule has 6 nitrogen and oxygen atoms in total. The second-order valence-corrected chi connectivity index (χ2v) is 6.77. The topological polar surface area (TPSA) is 58.1 Å². The van der Waals surface area contributed by atoms with Gasteiger partial charge in [-0.3, -0.25) is 9.89 Å². The Labute approximate surface area is 164 Å². The van der Waals surface area contributed by atoms with Crippen molar-refractivity contribution in [2.24, 2.45) is 4.99 Å². The van der Waals surface area contributed by atoms with Crippen LogP contribution in [0.2, 0.25) is 0 Å². The maximum absolute atomic E-state index is 5.61. The van der Waals surface area contributed by atoms with Crippen molar-refractivity contribution >= 4 is 5.96 Å². The largest absolute Gasteiger partial charge is 0.381 e. The lowest BCUT2D eigenvalue weighted by molar-refractivity contribution is 0.0170. The Hall–Kier alpha value is -1.63. The van der Waals surface area contributed by atoms with E-state index in [-0.39, 0.29) is 0 Å². The minimum atomic E-state index is 0.311. The molecular weight excluding hydrogens is 340 g/mol. The van der Waals surface area contributed by atoms with E-state index in [4.69, 9.17) is 9.47 Å². The highest BCUT2D eigenvalue weighted by Gasteiger charge is 2.22. The molecule has 1 unspecified atom stereocenters. The summed E-state index contributed by atoms with van der Waals surface area (Å²) in [7, 11) is 1.82. The number of benzene rings is 1. The average Bonchev–Trinajstić information content (AvgIpc) is 2.73. The minimum Gasteiger partial charge on any atom is -0.381 e. The van der Waals surface area contributed by atoms with Gasteiger partial charge < -0.3 is 20.1 Å². The number of ether oxygens (including phenoxy) is 2. The van der Waals surface area contributed by atoms with Crippen LogP contribution >= 0.6 is 0 Å². The number of unbranched alkanes of at least 4 members (excludes halogenated alkanes) is 1. The molecule has 0 saturated carbocycles. The van der Waals surface area contributed by atoms with E-state index in [1.807, 2.05) is 7.05 Å². The molecular formula is C21H36N4O2. The number of guanidine groups is 1. The van der Waals surface area contributed by atoms with E-state index in [9.17, 15) is 0 Å². The monoisotopic (exact) mass is 376 g/mol. The number of rotatable bonds is 11. The van der Waals surface area contributed by atoms with Gasteiger partial charge in [-0.2, -0.15) is 0 Å². The molecule has 1 aliphatic rings. The number of nitrogens with zero attached hydrogens (tertiary/aromatic N) is 2. The highest BCUT2D eigenvalue weighted by molar-refractivity contribution is 5.79. The van der Waals surface area contributed by atoms with Crippen LogP contribution in [-0.2, 0) is 9.47 Å². The second-order valence-electron chi connectivity index (χ2n) is 6.77. The minimum absolute atomic E-state index is 0.311. The zero-order chi connectivity index (χ0) is 19.2. The quantitative estimate of drug-likeness (QED) is 0.353. The number of aliphatic imine (C=N–C) groups is 1. The number of hydrogen-bond donors (Lipinski definition) is 2. The van der Waals surface area contributed by atoms with Crippen LogP contribution in [0.25, 0.3) is 0 Å². The third-order valence-electron chi connectivity index (χ3n) is 4.76. The van der Waals surface area contributed by atoms with Gasteiger partial charge in [0, 0.05) is 46.4 Å². The number of hydrogen-bond acceptors (Lipinski definition) is 4. The summed E-state index contributed by atoms with van der Waals surface area (Å²) in [4.78, 5) is 6.84. The van der Waals surface area contributed by atoms with E-state index in [1.165, 1.54) is 12.0 Å². The lowest BCUT2D eigenvalue weighted by Gasteiger charge is -2.35. The summed E-state index contributed by atoms with van der Waals surface area (Å²) in [6.45, 7) is 9.04. The number of nitrogens with one attached hydrogen (secondary N) is 2. The first-order valence-electron chi connectivity index (χ1n) is 10.2. The van der Waals surface area contributed by atoms with Gasteiger partial charge in [0.05, 0.1) is 19.3 Å². The van der Waals surface area contributed by atoms with Crippen LogP contribution in [0.5, 0.6) is 0 Å². The summed E-state index contributed by atoms with van der Waals surface area (Å²) >= 11 is 0. The fourth-order valence-electron chi connectivity index (χ4n) is 3.17. The van der Waals surface area contributed by atoms with Crippen LogP contribution in [0.15, 0.2) is 35.3 Å². The van der Waals surface area contributed by atoms with Crippen molar-refractivity contribution in [1.29, 1.82) is 0 Å². The van der Waals surface area contributed by atoms with Crippen LogP contribution in [0.3, 0.4) is 0 Å². The highest BCUT2D eigenvalue weighted by Crippen LogP contribution is 2.20. The lowest BCUT2D eigenvalue weighted by Crippen LogP contribution is -2.46. The molecule has 0 amide bonds. The Balaban J connectivity index is 1.78. The van der Waals surface area contributed by atoms with E-state index in [0.717, 1.165) is 71.4 Å². The third kappa shape index (κ3) is 8.28.